The molecular formula is C73H137N7O23. The molecule has 30 nitrogen and oxygen atoms in total. The first-order valence-electron chi connectivity index (χ1n) is 36.5. The minimum Gasteiger partial charge on any atom is -0.481 e. The number of carboxylic acids is 1. The van der Waals surface area contributed by atoms with Crippen LogP contribution < -0.4 is 0 Å². The zero-order valence-corrected chi connectivity index (χ0v) is 67.0. The van der Waals surface area contributed by atoms with Crippen LogP contribution in [0.25, 0.3) is 0 Å². The molecule has 0 aromatic heterocycles. The van der Waals surface area contributed by atoms with Gasteiger partial charge in [-0.25, -0.2) is 0 Å². The summed E-state index contributed by atoms with van der Waals surface area (Å²) in [6.07, 6.45) is -10.0. The van der Waals surface area contributed by atoms with Gasteiger partial charge >= 0.3 is 41.8 Å². The van der Waals surface area contributed by atoms with E-state index in [0.717, 1.165) is 0 Å². The topological polar surface area (TPSA) is 375 Å². The summed E-state index contributed by atoms with van der Waals surface area (Å²) < 4.78 is 46.2. The van der Waals surface area contributed by atoms with E-state index in [4.69, 9.17) is 37.9 Å². The molecule has 1 fully saturated rings. The lowest BCUT2D eigenvalue weighted by Crippen LogP contribution is -2.52. The van der Waals surface area contributed by atoms with Crippen molar-refractivity contribution >= 4 is 47.7 Å². The Morgan fingerprint density at radius 2 is 0.767 bits per heavy atom. The van der Waals surface area contributed by atoms with Crippen LogP contribution in [0.4, 0.5) is 0 Å². The quantitative estimate of drug-likeness (QED) is 0.0247. The molecule has 0 aliphatic carbocycles. The Morgan fingerprint density at radius 3 is 1.17 bits per heavy atom. The van der Waals surface area contributed by atoms with Crippen molar-refractivity contribution in [1.29, 1.82) is 0 Å². The summed E-state index contributed by atoms with van der Waals surface area (Å²) in [4.78, 5) is 121. The molecule has 0 radical (unpaired) electrons. The molecule has 103 heavy (non-hydrogen) atoms. The molecule has 0 aromatic rings. The summed E-state index contributed by atoms with van der Waals surface area (Å²) in [5.74, 6) is -6.09. The number of carbonyl (C=O) groups is 8. The van der Waals surface area contributed by atoms with Gasteiger partial charge < -0.3 is 78.5 Å². The molecular weight excluding hydrogens is 1340 g/mol. The maximum absolute atomic E-state index is 15.1. The lowest BCUT2D eigenvalue weighted by molar-refractivity contribution is -0.203. The number of carboxylic acid groups (broad SMARTS) is 1. The van der Waals surface area contributed by atoms with E-state index in [1.807, 2.05) is 0 Å². The number of nitrogens with zero attached hydrogens (tertiary/aromatic N) is 7. The molecule has 9 atom stereocenters. The van der Waals surface area contributed by atoms with Gasteiger partial charge in [-0.1, -0.05) is 0 Å². The van der Waals surface area contributed by atoms with Crippen LogP contribution in [-0.4, -0.2) is 310 Å². The molecule has 1 amide bonds. The van der Waals surface area contributed by atoms with Crippen molar-refractivity contribution in [3.63, 3.8) is 0 Å². The summed E-state index contributed by atoms with van der Waals surface area (Å²) in [5, 5.41) is 80.6. The number of aliphatic hydroxyl groups excluding tert-OH is 6. The molecule has 602 valence electrons. The van der Waals surface area contributed by atoms with Gasteiger partial charge in [-0.05, 0) is 218 Å². The second-order valence-corrected chi connectivity index (χ2v) is 34.1. The summed E-state index contributed by atoms with van der Waals surface area (Å²) in [6, 6.07) is -3.65. The van der Waals surface area contributed by atoms with Gasteiger partial charge in [-0.2, -0.15) is 0 Å². The van der Waals surface area contributed by atoms with Crippen molar-refractivity contribution < 1.29 is 112 Å². The number of hydrogen-bond acceptors (Lipinski definition) is 28. The summed E-state index contributed by atoms with van der Waals surface area (Å²) >= 11 is 0. The number of aliphatic carboxylic acids is 1. The van der Waals surface area contributed by atoms with Crippen LogP contribution in [0.2, 0.25) is 0 Å². The lowest BCUT2D eigenvalue weighted by Gasteiger charge is -2.39. The Labute approximate surface area is 614 Å². The first-order valence-corrected chi connectivity index (χ1v) is 36.5. The van der Waals surface area contributed by atoms with Crippen molar-refractivity contribution in [2.75, 3.05) is 91.6 Å². The number of carbonyl (C=O) groups excluding carboxylic acids is 7. The van der Waals surface area contributed by atoms with Crippen LogP contribution >= 0.6 is 0 Å². The van der Waals surface area contributed by atoms with E-state index >= 15 is 4.79 Å². The zero-order chi connectivity index (χ0) is 79.6. The average molecular weight is 1480 g/mol. The highest BCUT2D eigenvalue weighted by Gasteiger charge is 2.40. The minimum absolute atomic E-state index is 0.00461. The third-order valence-corrected chi connectivity index (χ3v) is 15.2. The fraction of sp³-hybridized carbons (Fsp3) is 0.890. The van der Waals surface area contributed by atoms with Crippen LogP contribution in [0.3, 0.4) is 0 Å². The molecule has 0 aromatic carbocycles. The Kier molecular flexibility index (Phi) is 40.4. The van der Waals surface area contributed by atoms with E-state index in [-0.39, 0.29) is 130 Å². The van der Waals surface area contributed by atoms with E-state index in [9.17, 15) is 69.3 Å². The molecule has 1 saturated heterocycles. The van der Waals surface area contributed by atoms with E-state index < -0.39 is 175 Å². The molecule has 30 heteroatoms. The number of aliphatic hydroxyl groups is 6. The van der Waals surface area contributed by atoms with Crippen molar-refractivity contribution in [3.05, 3.63) is 0 Å². The van der Waals surface area contributed by atoms with Gasteiger partial charge in [0.2, 0.25) is 5.91 Å². The first-order chi connectivity index (χ1) is 46.8. The highest BCUT2D eigenvalue weighted by atomic mass is 16.6. The Morgan fingerprint density at radius 1 is 0.388 bits per heavy atom. The highest BCUT2D eigenvalue weighted by Crippen LogP contribution is 2.26. The van der Waals surface area contributed by atoms with Gasteiger partial charge in [0.15, 0.2) is 12.6 Å². The third-order valence-electron chi connectivity index (χ3n) is 15.2. The van der Waals surface area contributed by atoms with Gasteiger partial charge in [0.25, 0.3) is 0 Å². The van der Waals surface area contributed by atoms with E-state index in [1.165, 1.54) is 21.6 Å². The standard InChI is InChI=1S/C73H137N7O23/c1-49(2)96-64(93)51(79(45-60(89)98-68(7,8)9)46-61(90)99-69(10,11)12)27-30-54(82)74-37-26-38-77(57(85)33-34-58(86)87)42-41-76(56(84)32-29-53(66(95)103-73(22,23)24)80(47-62(91)100-70(13,14)15)48-63(92)101-71(16,17)18)36-25-35-75(40-39-74)55(83)31-28-52(65(94)102-72(19,20)21)78(43-50(3)81)44-59(88)97-67(4,5)6/h49-53,55-57,60,65,81,83-85,89,94H,25-48H2,1-24H3,(H,86,87)/t50?,51?,52?,53?,55-,56?,57?,60?,65?/m1/s1. The predicted molar refractivity (Wildman–Crippen MR) is 385 cm³/mol. The van der Waals surface area contributed by atoms with Crippen LogP contribution in [0.5, 0.6) is 0 Å². The van der Waals surface area contributed by atoms with Crippen molar-refractivity contribution in [3.8, 4) is 0 Å². The Bertz CT molecular complexity index is 2550. The van der Waals surface area contributed by atoms with Crippen LogP contribution in [0.15, 0.2) is 0 Å². The fourth-order valence-corrected chi connectivity index (χ4v) is 11.4. The van der Waals surface area contributed by atoms with Gasteiger partial charge in [-0.15, -0.1) is 0 Å². The van der Waals surface area contributed by atoms with Crippen molar-refractivity contribution in [2.45, 2.75) is 331 Å². The summed E-state index contributed by atoms with van der Waals surface area (Å²) in [7, 11) is 0. The Hall–Kier alpha value is -4.80. The minimum atomic E-state index is -1.56. The number of ether oxygens (including phenoxy) is 8. The van der Waals surface area contributed by atoms with E-state index in [1.54, 1.807) is 179 Å². The predicted octanol–water partition coefficient (Wildman–Crippen LogP) is 5.00. The molecule has 1 aliphatic rings. The molecule has 1 aliphatic heterocycles. The lowest BCUT2D eigenvalue weighted by atomic mass is 10.1. The molecule has 8 unspecified atom stereocenters. The molecule has 1 heterocycles. The second-order valence-electron chi connectivity index (χ2n) is 34.1. The Balaban J connectivity index is 4.31. The number of rotatable bonds is 36. The van der Waals surface area contributed by atoms with Crippen molar-refractivity contribution in [1.82, 2.24) is 34.3 Å². The maximum Gasteiger partial charge on any atom is 0.323 e. The maximum atomic E-state index is 15.1. The van der Waals surface area contributed by atoms with Crippen molar-refractivity contribution in [2.24, 2.45) is 0 Å². The van der Waals surface area contributed by atoms with E-state index in [0.29, 0.717) is 0 Å². The molecule has 1 rings (SSSR count). The van der Waals surface area contributed by atoms with E-state index in [2.05, 4.69) is 0 Å². The fourth-order valence-electron chi connectivity index (χ4n) is 11.4. The smallest absolute Gasteiger partial charge is 0.323 e. The summed E-state index contributed by atoms with van der Waals surface area (Å²) in [6.45, 7) is 38.0. The van der Waals surface area contributed by atoms with Crippen LogP contribution in [-0.2, 0) is 76.3 Å². The van der Waals surface area contributed by atoms with Crippen LogP contribution in [0.1, 0.15) is 230 Å². The first kappa shape index (κ1) is 96.2. The third kappa shape index (κ3) is 44.8. The average Bonchev–Trinajstić information content (AvgIpc) is 0.853. The molecule has 7 N–H and O–H groups in total. The van der Waals surface area contributed by atoms with Gasteiger partial charge in [0.1, 0.15) is 58.8 Å². The van der Waals surface area contributed by atoms with Gasteiger partial charge in [-0.3, -0.25) is 67.8 Å². The molecule has 0 bridgehead atoms. The molecule has 0 saturated carbocycles. The SMILES string of the molecule is CC(O)CN(CC(=O)OC(C)(C)C)C(CC[C@@H](O)N1CCCN(C(O)CCC(C(=O)OC(C)(C)C)N(CC(=O)OC(C)(C)C)CC(=O)OC(C)(C)C)CCN(C(O)CCC(=O)O)CCCN(C(=O)CCC(C(=O)OC(C)C)N(CC(=O)OC(C)(C)C)CC(O)OC(C)(C)C)CC1)C(O)OC(C)(C)C. The largest absolute Gasteiger partial charge is 0.481 e. The summed E-state index contributed by atoms with van der Waals surface area (Å²) in [5.41, 5.74) is -6.51. The molecule has 0 spiro atoms. The van der Waals surface area contributed by atoms with Gasteiger partial charge in [0, 0.05) is 71.7 Å². The number of amides is 1. The highest BCUT2D eigenvalue weighted by molar-refractivity contribution is 5.82. The van der Waals surface area contributed by atoms with Crippen LogP contribution in [0, 0.1) is 0 Å². The van der Waals surface area contributed by atoms with Gasteiger partial charge in [0.05, 0.1) is 62.2 Å². The number of hydrogen-bond donors (Lipinski definition) is 7. The monoisotopic (exact) mass is 1480 g/mol. The zero-order valence-electron chi connectivity index (χ0n) is 67.0. The normalized spacial score (nSPS) is 18.1. The second kappa shape index (κ2) is 43.3. The number of esters is 6.